The van der Waals surface area contributed by atoms with E-state index in [4.69, 9.17) is 10.5 Å². The molecule has 0 radical (unpaired) electrons. The molecule has 3 N–H and O–H groups in total. The Bertz CT molecular complexity index is 829. The molecule has 0 fully saturated rings. The summed E-state index contributed by atoms with van der Waals surface area (Å²) in [6.45, 7) is 2.49. The van der Waals surface area contributed by atoms with Gasteiger partial charge >= 0.3 is 0 Å². The first-order valence-corrected chi connectivity index (χ1v) is 8.88. The Labute approximate surface area is 155 Å². The topological polar surface area (TPSA) is 55.5 Å². The normalized spacial score (nSPS) is 13.2. The molecule has 3 aromatic rings. The number of hydrogen-bond donors (Lipinski definition) is 2. The molecule has 134 valence electrons. The fourth-order valence-electron chi connectivity index (χ4n) is 2.94. The van der Waals surface area contributed by atoms with E-state index in [9.17, 15) is 5.11 Å². The van der Waals surface area contributed by atoms with Crippen molar-refractivity contribution in [2.75, 3.05) is 0 Å². The summed E-state index contributed by atoms with van der Waals surface area (Å²) in [5, 5.41) is 10.7. The Balaban J connectivity index is 1.65. The highest BCUT2D eigenvalue weighted by Crippen LogP contribution is 2.27. The van der Waals surface area contributed by atoms with E-state index in [1.807, 2.05) is 85.8 Å². The van der Waals surface area contributed by atoms with Crippen molar-refractivity contribution in [2.45, 2.75) is 32.1 Å². The minimum atomic E-state index is -1.36. The summed E-state index contributed by atoms with van der Waals surface area (Å²) in [6, 6.07) is 25.7. The van der Waals surface area contributed by atoms with Crippen LogP contribution >= 0.6 is 0 Å². The minimum Gasteiger partial charge on any atom is -0.489 e. The number of ether oxygens (including phenoxy) is 1. The van der Waals surface area contributed by atoms with Crippen LogP contribution < -0.4 is 10.5 Å². The van der Waals surface area contributed by atoms with Gasteiger partial charge in [-0.3, -0.25) is 5.73 Å². The van der Waals surface area contributed by atoms with Crippen LogP contribution in [0.25, 0.3) is 0 Å². The number of rotatable bonds is 7. The smallest absolute Gasteiger partial charge is 0.139 e. The van der Waals surface area contributed by atoms with Crippen molar-refractivity contribution in [1.82, 2.24) is 0 Å². The summed E-state index contributed by atoms with van der Waals surface area (Å²) in [7, 11) is 0. The summed E-state index contributed by atoms with van der Waals surface area (Å²) >= 11 is 0. The Hall–Kier alpha value is -2.62. The van der Waals surface area contributed by atoms with E-state index in [0.29, 0.717) is 18.6 Å². The van der Waals surface area contributed by atoms with Crippen LogP contribution in [0.5, 0.6) is 5.75 Å². The first kappa shape index (κ1) is 18.2. The van der Waals surface area contributed by atoms with Crippen molar-refractivity contribution in [3.8, 4) is 5.75 Å². The second-order valence-corrected chi connectivity index (χ2v) is 6.66. The number of aryl methyl sites for hydroxylation is 2. The first-order valence-electron chi connectivity index (χ1n) is 8.88. The lowest BCUT2D eigenvalue weighted by atomic mass is 9.94. The lowest BCUT2D eigenvalue weighted by Gasteiger charge is -2.25. The molecule has 0 saturated carbocycles. The molecule has 3 heteroatoms. The molecule has 0 saturated heterocycles. The van der Waals surface area contributed by atoms with Crippen LogP contribution in [-0.4, -0.2) is 5.11 Å². The van der Waals surface area contributed by atoms with Gasteiger partial charge in [-0.05, 0) is 54.2 Å². The third-order valence-electron chi connectivity index (χ3n) is 4.55. The second kappa shape index (κ2) is 8.17. The Kier molecular flexibility index (Phi) is 5.71. The summed E-state index contributed by atoms with van der Waals surface area (Å²) in [6.07, 6.45) is 1.18. The number of nitrogens with two attached hydrogens (primary N) is 1. The van der Waals surface area contributed by atoms with Gasteiger partial charge in [0.25, 0.3) is 0 Å². The molecule has 0 bridgehead atoms. The molecule has 3 nitrogen and oxygen atoms in total. The number of benzene rings is 3. The third-order valence-corrected chi connectivity index (χ3v) is 4.55. The zero-order valence-corrected chi connectivity index (χ0v) is 15.1. The summed E-state index contributed by atoms with van der Waals surface area (Å²) < 4.78 is 5.90. The maximum atomic E-state index is 10.7. The lowest BCUT2D eigenvalue weighted by molar-refractivity contribution is 0.0344. The van der Waals surface area contributed by atoms with E-state index in [1.165, 1.54) is 0 Å². The Morgan fingerprint density at radius 2 is 1.50 bits per heavy atom. The van der Waals surface area contributed by atoms with Gasteiger partial charge in [0.15, 0.2) is 0 Å². The maximum absolute atomic E-state index is 10.7. The molecule has 0 aliphatic carbocycles. The van der Waals surface area contributed by atoms with E-state index in [1.54, 1.807) is 0 Å². The van der Waals surface area contributed by atoms with E-state index in [0.717, 1.165) is 28.9 Å². The van der Waals surface area contributed by atoms with Crippen LogP contribution in [0.4, 0.5) is 0 Å². The fourth-order valence-corrected chi connectivity index (χ4v) is 2.94. The van der Waals surface area contributed by atoms with Gasteiger partial charge < -0.3 is 9.84 Å². The number of aliphatic hydroxyl groups is 1. The van der Waals surface area contributed by atoms with Crippen molar-refractivity contribution in [3.05, 3.63) is 101 Å². The molecule has 1 unspecified atom stereocenters. The van der Waals surface area contributed by atoms with Crippen molar-refractivity contribution in [2.24, 2.45) is 5.73 Å². The highest BCUT2D eigenvalue weighted by Gasteiger charge is 2.24. The van der Waals surface area contributed by atoms with Crippen molar-refractivity contribution in [1.29, 1.82) is 0 Å². The van der Waals surface area contributed by atoms with E-state index >= 15 is 0 Å². The minimum absolute atomic E-state index is 0.459. The highest BCUT2D eigenvalue weighted by molar-refractivity contribution is 5.38. The maximum Gasteiger partial charge on any atom is 0.139 e. The molecule has 0 aromatic heterocycles. The van der Waals surface area contributed by atoms with Crippen LogP contribution in [0.3, 0.4) is 0 Å². The largest absolute Gasteiger partial charge is 0.489 e. The fraction of sp³-hybridized carbons (Fsp3) is 0.217. The van der Waals surface area contributed by atoms with Crippen LogP contribution in [0.1, 0.15) is 28.7 Å². The zero-order valence-electron chi connectivity index (χ0n) is 15.1. The van der Waals surface area contributed by atoms with Crippen LogP contribution in [0, 0.1) is 6.92 Å². The molecule has 3 aromatic carbocycles. The standard InChI is InChI=1S/C23H25NO2/c1-18-16-21(23(24,25)15-14-19-8-4-2-5-9-19)12-13-22(18)26-17-20-10-6-3-7-11-20/h2-13,16,25H,14-15,17,24H2,1H3. The van der Waals surface area contributed by atoms with Crippen molar-refractivity contribution < 1.29 is 9.84 Å². The number of hydrogen-bond acceptors (Lipinski definition) is 3. The van der Waals surface area contributed by atoms with Crippen LogP contribution in [0.15, 0.2) is 78.9 Å². The van der Waals surface area contributed by atoms with Gasteiger partial charge in [-0.15, -0.1) is 0 Å². The van der Waals surface area contributed by atoms with Gasteiger partial charge in [-0.2, -0.15) is 0 Å². The molecule has 26 heavy (non-hydrogen) atoms. The van der Waals surface area contributed by atoms with Gasteiger partial charge in [0.1, 0.15) is 18.1 Å². The summed E-state index contributed by atoms with van der Waals surface area (Å²) in [5.41, 5.74) is 8.77. The molecule has 0 aliphatic heterocycles. The molecule has 0 heterocycles. The van der Waals surface area contributed by atoms with Crippen molar-refractivity contribution in [3.63, 3.8) is 0 Å². The van der Waals surface area contributed by atoms with Gasteiger partial charge in [-0.1, -0.05) is 66.7 Å². The highest BCUT2D eigenvalue weighted by atomic mass is 16.5. The van der Waals surface area contributed by atoms with E-state index < -0.39 is 5.72 Å². The Morgan fingerprint density at radius 3 is 2.12 bits per heavy atom. The van der Waals surface area contributed by atoms with Gasteiger partial charge in [-0.25, -0.2) is 0 Å². The molecular weight excluding hydrogens is 322 g/mol. The van der Waals surface area contributed by atoms with Gasteiger partial charge in [0, 0.05) is 0 Å². The SMILES string of the molecule is Cc1cc(C(N)(O)CCc2ccccc2)ccc1OCc1ccccc1. The summed E-state index contributed by atoms with van der Waals surface area (Å²) in [4.78, 5) is 0. The molecule has 0 spiro atoms. The van der Waals surface area contributed by atoms with E-state index in [-0.39, 0.29) is 0 Å². The molecular formula is C23H25NO2. The second-order valence-electron chi connectivity index (χ2n) is 6.66. The molecule has 3 rings (SSSR count). The predicted molar refractivity (Wildman–Crippen MR) is 105 cm³/mol. The predicted octanol–water partition coefficient (Wildman–Crippen LogP) is 4.31. The quantitative estimate of drug-likeness (QED) is 0.626. The van der Waals surface area contributed by atoms with Gasteiger partial charge in [0.2, 0.25) is 0 Å². The van der Waals surface area contributed by atoms with Crippen LogP contribution in [-0.2, 0) is 18.8 Å². The summed E-state index contributed by atoms with van der Waals surface area (Å²) in [5.74, 6) is 0.802. The van der Waals surface area contributed by atoms with E-state index in [2.05, 4.69) is 0 Å². The molecule has 0 aliphatic rings. The Morgan fingerprint density at radius 1 is 0.885 bits per heavy atom. The monoisotopic (exact) mass is 347 g/mol. The first-order chi connectivity index (χ1) is 12.5. The average Bonchev–Trinajstić information content (AvgIpc) is 2.67. The lowest BCUT2D eigenvalue weighted by Crippen LogP contribution is -2.36. The van der Waals surface area contributed by atoms with Crippen molar-refractivity contribution >= 4 is 0 Å². The molecule has 1 atom stereocenters. The average molecular weight is 347 g/mol. The van der Waals surface area contributed by atoms with Gasteiger partial charge in [0.05, 0.1) is 0 Å². The van der Waals surface area contributed by atoms with Crippen LogP contribution in [0.2, 0.25) is 0 Å². The zero-order chi connectivity index (χ0) is 18.4. The third kappa shape index (κ3) is 4.72. The molecule has 0 amide bonds.